The summed E-state index contributed by atoms with van der Waals surface area (Å²) in [4.78, 5) is 2.47. The van der Waals surface area contributed by atoms with Crippen LogP contribution in [0.3, 0.4) is 0 Å². The first-order valence-corrected chi connectivity index (χ1v) is 25.3. The standard InChI is InChI=1S/C71H46N2/c1-4-18-47(19-5-1)52-42-53(48-20-6-2-7-21-48)44-57(43-52)72(56-38-41-68-64(46-56)61-28-14-17-31-67(61)71(68)65-29-15-12-26-59(65)60-27-13-16-30-66(60)71)55-36-32-49(33-37-55)51-35-39-62-63-40-34-50-22-10-11-25-58(50)70(63)73(69(62)45-51)54-23-8-3-9-24-54/h1-46H. The number of nitrogens with zero attached hydrogens (tertiary/aromatic N) is 2. The number of rotatable bonds is 7. The average molecular weight is 927 g/mol. The molecule has 2 aliphatic rings. The Bertz CT molecular complexity index is 4200. The summed E-state index contributed by atoms with van der Waals surface area (Å²) in [5.41, 5.74) is 24.0. The monoisotopic (exact) mass is 926 g/mol. The van der Waals surface area contributed by atoms with Crippen molar-refractivity contribution in [2.24, 2.45) is 0 Å². The lowest BCUT2D eigenvalue weighted by atomic mass is 9.70. The van der Waals surface area contributed by atoms with Gasteiger partial charge in [-0.15, -0.1) is 0 Å². The van der Waals surface area contributed by atoms with Crippen LogP contribution in [0, 0.1) is 0 Å². The summed E-state index contributed by atoms with van der Waals surface area (Å²) in [5.74, 6) is 0. The maximum Gasteiger partial charge on any atom is 0.0725 e. The molecule has 340 valence electrons. The van der Waals surface area contributed by atoms with E-state index in [9.17, 15) is 0 Å². The van der Waals surface area contributed by atoms with Crippen LogP contribution >= 0.6 is 0 Å². The number of fused-ring (bicyclic) bond motifs is 15. The Hall–Kier alpha value is -9.50. The van der Waals surface area contributed by atoms with E-state index in [1.165, 1.54) is 93.8 Å². The van der Waals surface area contributed by atoms with Gasteiger partial charge in [0.05, 0.1) is 16.4 Å². The van der Waals surface area contributed by atoms with Crippen LogP contribution < -0.4 is 4.90 Å². The van der Waals surface area contributed by atoms with Crippen molar-refractivity contribution >= 4 is 49.6 Å². The maximum atomic E-state index is 2.47. The Morgan fingerprint density at radius 2 is 0.767 bits per heavy atom. The summed E-state index contributed by atoms with van der Waals surface area (Å²) in [5, 5.41) is 4.99. The number of para-hydroxylation sites is 1. The van der Waals surface area contributed by atoms with Gasteiger partial charge in [-0.3, -0.25) is 0 Å². The van der Waals surface area contributed by atoms with Crippen molar-refractivity contribution in [3.63, 3.8) is 0 Å². The zero-order chi connectivity index (χ0) is 48.0. The van der Waals surface area contributed by atoms with Gasteiger partial charge in [0, 0.05) is 38.9 Å². The molecule has 2 aliphatic carbocycles. The quantitative estimate of drug-likeness (QED) is 0.155. The zero-order valence-corrected chi connectivity index (χ0v) is 40.0. The molecule has 1 aromatic heterocycles. The molecule has 0 N–H and O–H groups in total. The van der Waals surface area contributed by atoms with E-state index in [1.807, 2.05) is 0 Å². The second-order valence-electron chi connectivity index (χ2n) is 19.6. The van der Waals surface area contributed by atoms with Crippen LogP contribution in [0.4, 0.5) is 17.1 Å². The van der Waals surface area contributed by atoms with Crippen LogP contribution in [-0.2, 0) is 5.41 Å². The molecule has 0 bridgehead atoms. The lowest BCUT2D eigenvalue weighted by Gasteiger charge is -2.31. The van der Waals surface area contributed by atoms with Gasteiger partial charge in [0.15, 0.2) is 0 Å². The molecule has 12 aromatic carbocycles. The number of anilines is 3. The van der Waals surface area contributed by atoms with E-state index in [2.05, 4.69) is 289 Å². The van der Waals surface area contributed by atoms with Crippen LogP contribution in [0.25, 0.3) is 93.9 Å². The summed E-state index contributed by atoms with van der Waals surface area (Å²) in [6.45, 7) is 0. The molecule has 2 nitrogen and oxygen atoms in total. The zero-order valence-electron chi connectivity index (χ0n) is 40.0. The van der Waals surface area contributed by atoms with Crippen LogP contribution in [0.2, 0.25) is 0 Å². The van der Waals surface area contributed by atoms with E-state index >= 15 is 0 Å². The van der Waals surface area contributed by atoms with Crippen molar-refractivity contribution in [3.8, 4) is 61.3 Å². The fourth-order valence-corrected chi connectivity index (χ4v) is 12.6. The number of hydrogen-bond acceptors (Lipinski definition) is 1. The predicted octanol–water partition coefficient (Wildman–Crippen LogP) is 18.8. The molecule has 0 saturated carbocycles. The highest BCUT2D eigenvalue weighted by molar-refractivity contribution is 6.19. The molecule has 1 heterocycles. The summed E-state index contributed by atoms with van der Waals surface area (Å²) in [6, 6.07) is 103. The third-order valence-electron chi connectivity index (χ3n) is 15.8. The molecule has 0 aliphatic heterocycles. The van der Waals surface area contributed by atoms with E-state index in [1.54, 1.807) is 0 Å². The molecule has 0 saturated heterocycles. The van der Waals surface area contributed by atoms with Crippen molar-refractivity contribution in [2.75, 3.05) is 4.90 Å². The molecule has 13 aromatic rings. The normalized spacial score (nSPS) is 12.8. The molecule has 0 atom stereocenters. The number of aromatic nitrogens is 1. The van der Waals surface area contributed by atoms with Crippen LogP contribution in [0.15, 0.2) is 279 Å². The van der Waals surface area contributed by atoms with Gasteiger partial charge in [0.25, 0.3) is 0 Å². The largest absolute Gasteiger partial charge is 0.310 e. The highest BCUT2D eigenvalue weighted by atomic mass is 15.1. The first-order chi connectivity index (χ1) is 36.2. The maximum absolute atomic E-state index is 2.47. The lowest BCUT2D eigenvalue weighted by Crippen LogP contribution is -2.25. The predicted molar refractivity (Wildman–Crippen MR) is 306 cm³/mol. The molecule has 1 spiro atoms. The molecular weight excluding hydrogens is 881 g/mol. The smallest absolute Gasteiger partial charge is 0.0725 e. The van der Waals surface area contributed by atoms with Crippen LogP contribution in [0.5, 0.6) is 0 Å². The van der Waals surface area contributed by atoms with Crippen molar-refractivity contribution in [2.45, 2.75) is 5.41 Å². The third-order valence-corrected chi connectivity index (χ3v) is 15.8. The van der Waals surface area contributed by atoms with Gasteiger partial charge in [-0.1, -0.05) is 218 Å². The Labute approximate surface area is 425 Å². The van der Waals surface area contributed by atoms with E-state index in [0.717, 1.165) is 39.4 Å². The summed E-state index contributed by atoms with van der Waals surface area (Å²) < 4.78 is 2.45. The van der Waals surface area contributed by atoms with Crippen LogP contribution in [0.1, 0.15) is 22.3 Å². The summed E-state index contributed by atoms with van der Waals surface area (Å²) in [7, 11) is 0. The van der Waals surface area contributed by atoms with Gasteiger partial charge in [0.1, 0.15) is 0 Å². The van der Waals surface area contributed by atoms with Gasteiger partial charge in [-0.05, 0) is 144 Å². The number of hydrogen-bond donors (Lipinski definition) is 0. The SMILES string of the molecule is c1ccc(-c2cc(-c3ccccc3)cc(N(c3ccc(-c4ccc5c6ccc7ccccc7c6n(-c6ccccc6)c5c4)cc3)c3ccc4c(c3)-c3ccccc3C43c4ccccc4-c4ccccc43)c2)cc1. The summed E-state index contributed by atoms with van der Waals surface area (Å²) >= 11 is 0. The minimum absolute atomic E-state index is 0.418. The second kappa shape index (κ2) is 16.3. The van der Waals surface area contributed by atoms with Crippen molar-refractivity contribution in [1.29, 1.82) is 0 Å². The molecule has 0 unspecified atom stereocenters. The highest BCUT2D eigenvalue weighted by Gasteiger charge is 2.51. The van der Waals surface area contributed by atoms with Gasteiger partial charge in [0.2, 0.25) is 0 Å². The van der Waals surface area contributed by atoms with E-state index in [0.29, 0.717) is 0 Å². The molecule has 0 amide bonds. The van der Waals surface area contributed by atoms with Gasteiger partial charge in [-0.2, -0.15) is 0 Å². The molecule has 2 heteroatoms. The number of benzene rings is 12. The molecule has 73 heavy (non-hydrogen) atoms. The van der Waals surface area contributed by atoms with E-state index in [4.69, 9.17) is 0 Å². The molecular formula is C71H46N2. The second-order valence-corrected chi connectivity index (χ2v) is 19.6. The van der Waals surface area contributed by atoms with Crippen molar-refractivity contribution < 1.29 is 0 Å². The first-order valence-electron chi connectivity index (χ1n) is 25.3. The van der Waals surface area contributed by atoms with Crippen molar-refractivity contribution in [1.82, 2.24) is 4.57 Å². The van der Waals surface area contributed by atoms with Crippen LogP contribution in [-0.4, -0.2) is 4.57 Å². The fraction of sp³-hybridized carbons (Fsp3) is 0.0141. The van der Waals surface area contributed by atoms with E-state index in [-0.39, 0.29) is 0 Å². The fourth-order valence-electron chi connectivity index (χ4n) is 12.6. The van der Waals surface area contributed by atoms with E-state index < -0.39 is 5.41 Å². The lowest BCUT2D eigenvalue weighted by molar-refractivity contribution is 0.794. The van der Waals surface area contributed by atoms with Gasteiger partial charge >= 0.3 is 0 Å². The Balaban J connectivity index is 0.929. The highest BCUT2D eigenvalue weighted by Crippen LogP contribution is 2.63. The Morgan fingerprint density at radius 1 is 0.274 bits per heavy atom. The Morgan fingerprint density at radius 3 is 1.41 bits per heavy atom. The third kappa shape index (κ3) is 6.24. The molecule has 0 fully saturated rings. The summed E-state index contributed by atoms with van der Waals surface area (Å²) in [6.07, 6.45) is 0. The molecule has 0 radical (unpaired) electrons. The minimum atomic E-state index is -0.418. The topological polar surface area (TPSA) is 8.17 Å². The first kappa shape index (κ1) is 41.3. The van der Waals surface area contributed by atoms with Gasteiger partial charge in [-0.25, -0.2) is 0 Å². The minimum Gasteiger partial charge on any atom is -0.310 e. The Kier molecular flexibility index (Phi) is 9.21. The average Bonchev–Trinajstić information content (AvgIpc) is 4.09. The van der Waals surface area contributed by atoms with Gasteiger partial charge < -0.3 is 9.47 Å². The van der Waals surface area contributed by atoms with Crippen molar-refractivity contribution in [3.05, 3.63) is 301 Å². The molecule has 15 rings (SSSR count).